The maximum atomic E-state index is 14.8. The number of esters is 1. The molecule has 0 aliphatic heterocycles. The predicted octanol–water partition coefficient (Wildman–Crippen LogP) is 3.16. The molecule has 1 aromatic carbocycles. The topological polar surface area (TPSA) is 137 Å². The molecule has 2 N–H and O–H groups in total. The van der Waals surface area contributed by atoms with E-state index in [-0.39, 0.29) is 29.3 Å². The van der Waals surface area contributed by atoms with E-state index in [1.165, 1.54) is 48.4 Å². The summed E-state index contributed by atoms with van der Waals surface area (Å²) >= 11 is 0. The Morgan fingerprint density at radius 2 is 1.78 bits per heavy atom. The standard InChI is InChI=1S/C28H24F6N6O5/c1-4-19(28(32,33)34)37-16-10-15(29)21(23(31)22(16)30)24(41)38-17(26(43)45-3)9-13-5-6-20(36-11-13)40-25(42)14-7-8-35-12-18(14)39(2)27(40)44/h5-8,10-12,17,19,37H,4,9H2,1-3H3,(H,38,41)/t17-,19+/m0/s1. The average molecular weight is 639 g/mol. The maximum absolute atomic E-state index is 14.8. The van der Waals surface area contributed by atoms with Crippen molar-refractivity contribution in [3.05, 3.63) is 92.3 Å². The van der Waals surface area contributed by atoms with E-state index >= 15 is 0 Å². The summed E-state index contributed by atoms with van der Waals surface area (Å²) in [5, 5.41) is 3.90. The molecule has 0 radical (unpaired) electrons. The average Bonchev–Trinajstić information content (AvgIpc) is 3.00. The zero-order valence-electron chi connectivity index (χ0n) is 23.7. The van der Waals surface area contributed by atoms with Crippen LogP contribution < -0.4 is 21.9 Å². The Labute approximate surface area is 249 Å². The molecule has 2 atom stereocenters. The number of hydrogen-bond donors (Lipinski definition) is 2. The van der Waals surface area contributed by atoms with Crippen LogP contribution in [0, 0.1) is 17.5 Å². The number of nitrogens with zero attached hydrogens (tertiary/aromatic N) is 4. The molecule has 0 spiro atoms. The van der Waals surface area contributed by atoms with Gasteiger partial charge in [0.25, 0.3) is 11.5 Å². The third-order valence-corrected chi connectivity index (χ3v) is 6.86. The Morgan fingerprint density at radius 1 is 1.07 bits per heavy atom. The zero-order valence-corrected chi connectivity index (χ0v) is 23.7. The summed E-state index contributed by atoms with van der Waals surface area (Å²) in [6.45, 7) is 1.12. The number of halogens is 6. The van der Waals surface area contributed by atoms with Crippen molar-refractivity contribution in [3.8, 4) is 5.82 Å². The zero-order chi connectivity index (χ0) is 33.2. The third kappa shape index (κ3) is 6.51. The summed E-state index contributed by atoms with van der Waals surface area (Å²) in [4.78, 5) is 59.1. The second kappa shape index (κ2) is 12.8. The van der Waals surface area contributed by atoms with Crippen molar-refractivity contribution in [1.82, 2.24) is 24.4 Å². The van der Waals surface area contributed by atoms with Crippen molar-refractivity contribution in [2.75, 3.05) is 12.4 Å². The molecule has 0 aliphatic rings. The summed E-state index contributed by atoms with van der Waals surface area (Å²) < 4.78 is 90.1. The Morgan fingerprint density at radius 3 is 2.38 bits per heavy atom. The number of nitrogens with one attached hydrogen (secondary N) is 2. The molecule has 11 nitrogen and oxygen atoms in total. The lowest BCUT2D eigenvalue weighted by Gasteiger charge is -2.22. The number of ether oxygens (including phenoxy) is 1. The van der Waals surface area contributed by atoms with Crippen molar-refractivity contribution < 1.29 is 40.7 Å². The minimum atomic E-state index is -4.86. The first-order valence-electron chi connectivity index (χ1n) is 13.1. The van der Waals surface area contributed by atoms with Crippen molar-refractivity contribution in [2.24, 2.45) is 7.05 Å². The van der Waals surface area contributed by atoms with Crippen LogP contribution in [0.5, 0.6) is 0 Å². The van der Waals surface area contributed by atoms with Gasteiger partial charge in [-0.15, -0.1) is 0 Å². The summed E-state index contributed by atoms with van der Waals surface area (Å²) in [6.07, 6.45) is -1.92. The first-order valence-corrected chi connectivity index (χ1v) is 13.1. The van der Waals surface area contributed by atoms with Crippen LogP contribution in [0.25, 0.3) is 16.7 Å². The van der Waals surface area contributed by atoms with Gasteiger partial charge in [0, 0.05) is 31.9 Å². The van der Waals surface area contributed by atoms with Crippen LogP contribution in [0.4, 0.5) is 32.0 Å². The lowest BCUT2D eigenvalue weighted by molar-refractivity contribution is -0.143. The third-order valence-electron chi connectivity index (χ3n) is 6.86. The van der Waals surface area contributed by atoms with E-state index < -0.39 is 76.5 Å². The van der Waals surface area contributed by atoms with E-state index in [1.807, 2.05) is 5.32 Å². The van der Waals surface area contributed by atoms with Gasteiger partial charge in [-0.3, -0.25) is 19.1 Å². The SMILES string of the molecule is CC[C@@H](Nc1cc(F)c(C(=O)N[C@@H](Cc2ccc(-n3c(=O)c4ccncc4n(C)c3=O)nc2)C(=O)OC)c(F)c1F)C(F)(F)F. The Balaban J connectivity index is 1.60. The van der Waals surface area contributed by atoms with Gasteiger partial charge < -0.3 is 15.4 Å². The maximum Gasteiger partial charge on any atom is 0.408 e. The fraction of sp³-hybridized carbons (Fsp3) is 0.286. The number of fused-ring (bicyclic) bond motifs is 1. The first kappa shape index (κ1) is 32.7. The number of methoxy groups -OCH3 is 1. The highest BCUT2D eigenvalue weighted by molar-refractivity contribution is 5.97. The lowest BCUT2D eigenvalue weighted by atomic mass is 10.1. The fourth-order valence-corrected chi connectivity index (χ4v) is 4.48. The number of aryl methyl sites for hydroxylation is 1. The van der Waals surface area contributed by atoms with Crippen molar-refractivity contribution >= 4 is 28.5 Å². The Bertz CT molecular complexity index is 1890. The van der Waals surface area contributed by atoms with Crippen molar-refractivity contribution in [2.45, 2.75) is 38.0 Å². The van der Waals surface area contributed by atoms with Crippen LogP contribution in [-0.4, -0.2) is 56.3 Å². The normalized spacial score (nSPS) is 12.9. The van der Waals surface area contributed by atoms with Gasteiger partial charge >= 0.3 is 17.8 Å². The molecular formula is C28H24F6N6O5. The van der Waals surface area contributed by atoms with Crippen LogP contribution in [0.3, 0.4) is 0 Å². The molecular weight excluding hydrogens is 614 g/mol. The van der Waals surface area contributed by atoms with Crippen LogP contribution in [0.15, 0.2) is 52.4 Å². The highest BCUT2D eigenvalue weighted by Gasteiger charge is 2.39. The minimum absolute atomic E-state index is 0.0779. The molecule has 0 aliphatic carbocycles. The number of anilines is 1. The largest absolute Gasteiger partial charge is 0.467 e. The van der Waals surface area contributed by atoms with Crippen LogP contribution >= 0.6 is 0 Å². The van der Waals surface area contributed by atoms with E-state index in [4.69, 9.17) is 0 Å². The first-order chi connectivity index (χ1) is 21.2. The van der Waals surface area contributed by atoms with Crippen molar-refractivity contribution in [3.63, 3.8) is 0 Å². The van der Waals surface area contributed by atoms with E-state index in [1.54, 1.807) is 5.32 Å². The van der Waals surface area contributed by atoms with Gasteiger partial charge in [0.2, 0.25) is 0 Å². The van der Waals surface area contributed by atoms with Crippen LogP contribution in [-0.2, 0) is 23.0 Å². The summed E-state index contributed by atoms with van der Waals surface area (Å²) in [5.41, 5.74) is -3.50. The second-order valence-corrected chi connectivity index (χ2v) is 9.71. The number of aromatic nitrogens is 4. The smallest absolute Gasteiger partial charge is 0.408 e. The summed E-state index contributed by atoms with van der Waals surface area (Å²) in [6, 6.07) is 0.346. The Hall–Kier alpha value is -5.22. The number of benzene rings is 1. The molecule has 0 fully saturated rings. The van der Waals surface area contributed by atoms with E-state index in [2.05, 4.69) is 14.7 Å². The fourth-order valence-electron chi connectivity index (χ4n) is 4.48. The quantitative estimate of drug-likeness (QED) is 0.162. The highest BCUT2D eigenvalue weighted by Crippen LogP contribution is 2.30. The van der Waals surface area contributed by atoms with Crippen LogP contribution in [0.2, 0.25) is 0 Å². The number of rotatable bonds is 9. The molecule has 0 saturated carbocycles. The van der Waals surface area contributed by atoms with Gasteiger partial charge in [-0.1, -0.05) is 13.0 Å². The predicted molar refractivity (Wildman–Crippen MR) is 147 cm³/mol. The second-order valence-electron chi connectivity index (χ2n) is 9.71. The molecule has 0 saturated heterocycles. The van der Waals surface area contributed by atoms with Crippen molar-refractivity contribution in [1.29, 1.82) is 0 Å². The molecule has 0 bridgehead atoms. The van der Waals surface area contributed by atoms with E-state index in [9.17, 15) is 45.5 Å². The molecule has 4 rings (SSSR count). The molecule has 0 unspecified atom stereocenters. The number of carbonyl (C=O) groups excluding carboxylic acids is 2. The van der Waals surface area contributed by atoms with Gasteiger partial charge in [0.1, 0.15) is 29.3 Å². The number of pyridine rings is 2. The molecule has 45 heavy (non-hydrogen) atoms. The molecule has 3 heterocycles. The minimum Gasteiger partial charge on any atom is -0.467 e. The van der Waals surface area contributed by atoms with Gasteiger partial charge in [-0.25, -0.2) is 32.3 Å². The van der Waals surface area contributed by atoms with Gasteiger partial charge in [-0.2, -0.15) is 13.2 Å². The lowest BCUT2D eigenvalue weighted by Crippen LogP contribution is -2.43. The van der Waals surface area contributed by atoms with Gasteiger partial charge in [0.05, 0.1) is 29.9 Å². The Kier molecular flexibility index (Phi) is 9.29. The van der Waals surface area contributed by atoms with Crippen LogP contribution in [0.1, 0.15) is 29.3 Å². The van der Waals surface area contributed by atoms with Gasteiger partial charge in [-0.05, 0) is 24.1 Å². The molecule has 4 aromatic rings. The molecule has 17 heteroatoms. The number of amides is 1. The highest BCUT2D eigenvalue weighted by atomic mass is 19.4. The monoisotopic (exact) mass is 638 g/mol. The molecule has 238 valence electrons. The number of alkyl halides is 3. The summed E-state index contributed by atoms with van der Waals surface area (Å²) in [5.74, 6) is -8.47. The number of carbonyl (C=O) groups is 2. The van der Waals surface area contributed by atoms with E-state index in [0.717, 1.165) is 18.6 Å². The molecule has 1 amide bonds. The number of hydrogen-bond acceptors (Lipinski definition) is 8. The summed E-state index contributed by atoms with van der Waals surface area (Å²) in [7, 11) is 2.40. The van der Waals surface area contributed by atoms with Gasteiger partial charge in [0.15, 0.2) is 11.6 Å². The van der Waals surface area contributed by atoms with E-state index in [0.29, 0.717) is 5.52 Å². The molecule has 3 aromatic heterocycles.